The van der Waals surface area contributed by atoms with Gasteiger partial charge in [-0.25, -0.2) is 4.79 Å². The van der Waals surface area contributed by atoms with E-state index in [1.54, 1.807) is 4.57 Å². The smallest absolute Gasteiger partial charge is 0.337 e. The number of likely N-dealkylation sites (tertiary alicyclic amines) is 2. The molecule has 24 heavy (non-hydrogen) atoms. The molecule has 0 unspecified atom stereocenters. The van der Waals surface area contributed by atoms with E-state index in [0.717, 1.165) is 39.0 Å². The normalized spacial score (nSPS) is 22.4. The highest BCUT2D eigenvalue weighted by Gasteiger charge is 2.40. The highest BCUT2D eigenvalue weighted by atomic mass is 16.4. The van der Waals surface area contributed by atoms with Crippen molar-refractivity contribution in [2.75, 3.05) is 33.2 Å². The van der Waals surface area contributed by atoms with Gasteiger partial charge in [-0.15, -0.1) is 0 Å². The Labute approximate surface area is 142 Å². The van der Waals surface area contributed by atoms with Gasteiger partial charge in [-0.1, -0.05) is 6.42 Å². The van der Waals surface area contributed by atoms with Crippen LogP contribution in [0.2, 0.25) is 0 Å². The van der Waals surface area contributed by atoms with Gasteiger partial charge in [-0.2, -0.15) is 0 Å². The molecule has 0 bridgehead atoms. The van der Waals surface area contributed by atoms with Crippen molar-refractivity contribution in [1.29, 1.82) is 0 Å². The van der Waals surface area contributed by atoms with Crippen molar-refractivity contribution in [3.05, 3.63) is 34.2 Å². The summed E-state index contributed by atoms with van der Waals surface area (Å²) in [6, 6.07) is 2.77. The third-order valence-electron chi connectivity index (χ3n) is 5.64. The van der Waals surface area contributed by atoms with Gasteiger partial charge in [0.1, 0.15) is 0 Å². The van der Waals surface area contributed by atoms with Gasteiger partial charge in [0.25, 0.3) is 5.56 Å². The number of hydrogen-bond acceptors (Lipinski definition) is 4. The first-order valence-corrected chi connectivity index (χ1v) is 8.88. The number of aromatic nitrogens is 1. The lowest BCUT2D eigenvalue weighted by molar-refractivity contribution is 0.000916. The second-order valence-electron chi connectivity index (χ2n) is 7.26. The summed E-state index contributed by atoms with van der Waals surface area (Å²) in [5.41, 5.74) is 0.0279. The highest BCUT2D eigenvalue weighted by molar-refractivity contribution is 5.87. The summed E-state index contributed by atoms with van der Waals surface area (Å²) in [5.74, 6) is -0.987. The van der Waals surface area contributed by atoms with Crippen LogP contribution in [0.4, 0.5) is 0 Å². The van der Waals surface area contributed by atoms with Gasteiger partial charge in [0.05, 0.1) is 5.56 Å². The molecule has 0 spiro atoms. The topological polar surface area (TPSA) is 65.8 Å². The molecule has 3 rings (SSSR count). The molecular weight excluding hydrogens is 306 g/mol. The first kappa shape index (κ1) is 17.2. The molecule has 1 N–H and O–H groups in total. The monoisotopic (exact) mass is 333 g/mol. The molecule has 0 saturated carbocycles. The number of hydrogen-bond donors (Lipinski definition) is 1. The summed E-state index contributed by atoms with van der Waals surface area (Å²) in [7, 11) is 2.14. The SMILES string of the molecule is CN1CCC(Cn2cc(C(=O)O)ccc2=O)(N2CCCCC2)CC1. The minimum Gasteiger partial charge on any atom is -0.478 e. The number of piperidine rings is 2. The fraction of sp³-hybridized carbons (Fsp3) is 0.667. The zero-order chi connectivity index (χ0) is 17.2. The second kappa shape index (κ2) is 7.07. The Kier molecular flexibility index (Phi) is 5.06. The molecule has 6 nitrogen and oxygen atoms in total. The van der Waals surface area contributed by atoms with E-state index in [2.05, 4.69) is 16.8 Å². The number of carboxylic acids is 1. The Bertz CT molecular complexity index is 641. The lowest BCUT2D eigenvalue weighted by Gasteiger charge is -2.50. The first-order valence-electron chi connectivity index (χ1n) is 8.88. The van der Waals surface area contributed by atoms with Gasteiger partial charge in [0, 0.05) is 24.3 Å². The highest BCUT2D eigenvalue weighted by Crippen LogP contribution is 2.32. The Morgan fingerprint density at radius 3 is 2.42 bits per heavy atom. The van der Waals surface area contributed by atoms with Gasteiger partial charge >= 0.3 is 5.97 Å². The fourth-order valence-corrected chi connectivity index (χ4v) is 4.08. The molecule has 2 aliphatic rings. The van der Waals surface area contributed by atoms with Gasteiger partial charge in [-0.05, 0) is 65.0 Å². The van der Waals surface area contributed by atoms with E-state index >= 15 is 0 Å². The molecule has 0 atom stereocenters. The minimum atomic E-state index is -0.987. The van der Waals surface area contributed by atoms with Crippen LogP contribution in [0.1, 0.15) is 42.5 Å². The van der Waals surface area contributed by atoms with Crippen molar-refractivity contribution in [1.82, 2.24) is 14.4 Å². The van der Waals surface area contributed by atoms with Crippen molar-refractivity contribution < 1.29 is 9.90 Å². The number of rotatable bonds is 4. The summed E-state index contributed by atoms with van der Waals surface area (Å²) >= 11 is 0. The van der Waals surface area contributed by atoms with Crippen LogP contribution < -0.4 is 5.56 Å². The van der Waals surface area contributed by atoms with Crippen LogP contribution in [0.3, 0.4) is 0 Å². The van der Waals surface area contributed by atoms with Gasteiger partial charge in [0.15, 0.2) is 0 Å². The van der Waals surface area contributed by atoms with E-state index in [4.69, 9.17) is 0 Å². The Morgan fingerprint density at radius 1 is 1.12 bits per heavy atom. The largest absolute Gasteiger partial charge is 0.478 e. The van der Waals surface area contributed by atoms with Crippen LogP contribution >= 0.6 is 0 Å². The number of aromatic carboxylic acids is 1. The van der Waals surface area contributed by atoms with Crippen LogP contribution in [-0.2, 0) is 6.54 Å². The number of nitrogens with zero attached hydrogens (tertiary/aromatic N) is 3. The average Bonchev–Trinajstić information content (AvgIpc) is 2.59. The first-order chi connectivity index (χ1) is 11.5. The summed E-state index contributed by atoms with van der Waals surface area (Å²) in [6.07, 6.45) is 7.25. The Balaban J connectivity index is 1.90. The maximum Gasteiger partial charge on any atom is 0.337 e. The van der Waals surface area contributed by atoms with E-state index in [1.165, 1.54) is 37.6 Å². The number of pyridine rings is 1. The van der Waals surface area contributed by atoms with Crippen molar-refractivity contribution in [3.63, 3.8) is 0 Å². The molecule has 2 aliphatic heterocycles. The van der Waals surface area contributed by atoms with Crippen molar-refractivity contribution >= 4 is 5.97 Å². The predicted octanol–water partition coefficient (Wildman–Crippen LogP) is 1.50. The van der Waals surface area contributed by atoms with Crippen LogP contribution in [-0.4, -0.2) is 64.2 Å². The quantitative estimate of drug-likeness (QED) is 0.904. The molecule has 1 aromatic rings. The van der Waals surface area contributed by atoms with E-state index < -0.39 is 5.97 Å². The fourth-order valence-electron chi connectivity index (χ4n) is 4.08. The van der Waals surface area contributed by atoms with Crippen LogP contribution in [0.25, 0.3) is 0 Å². The zero-order valence-corrected chi connectivity index (χ0v) is 14.4. The number of carboxylic acid groups (broad SMARTS) is 1. The molecular formula is C18H27N3O3. The second-order valence-corrected chi connectivity index (χ2v) is 7.26. The molecule has 2 saturated heterocycles. The Hall–Kier alpha value is -1.66. The minimum absolute atomic E-state index is 0.0338. The lowest BCUT2D eigenvalue weighted by Crippen LogP contribution is -2.59. The molecule has 6 heteroatoms. The van der Waals surface area contributed by atoms with Crippen LogP contribution in [0, 0.1) is 0 Å². The summed E-state index contributed by atoms with van der Waals surface area (Å²) < 4.78 is 1.61. The van der Waals surface area contributed by atoms with E-state index in [0.29, 0.717) is 6.54 Å². The third-order valence-corrected chi connectivity index (χ3v) is 5.64. The molecule has 0 aliphatic carbocycles. The van der Waals surface area contributed by atoms with E-state index in [9.17, 15) is 14.7 Å². The van der Waals surface area contributed by atoms with Crippen molar-refractivity contribution in [2.24, 2.45) is 0 Å². The molecule has 1 aromatic heterocycles. The van der Waals surface area contributed by atoms with Crippen molar-refractivity contribution in [2.45, 2.75) is 44.2 Å². The number of carbonyl (C=O) groups is 1. The summed E-state index contributed by atoms with van der Waals surface area (Å²) in [6.45, 7) is 4.78. The van der Waals surface area contributed by atoms with Crippen LogP contribution in [0.5, 0.6) is 0 Å². The van der Waals surface area contributed by atoms with E-state index in [1.807, 2.05) is 0 Å². The van der Waals surface area contributed by atoms with E-state index in [-0.39, 0.29) is 16.7 Å². The molecule has 0 radical (unpaired) electrons. The molecule has 0 aromatic carbocycles. The predicted molar refractivity (Wildman–Crippen MR) is 92.5 cm³/mol. The summed E-state index contributed by atoms with van der Waals surface area (Å²) in [5, 5.41) is 9.22. The van der Waals surface area contributed by atoms with Gasteiger partial charge < -0.3 is 14.6 Å². The average molecular weight is 333 g/mol. The maximum atomic E-state index is 12.3. The molecule has 0 amide bonds. The lowest BCUT2D eigenvalue weighted by atomic mass is 9.84. The van der Waals surface area contributed by atoms with Crippen molar-refractivity contribution in [3.8, 4) is 0 Å². The third kappa shape index (κ3) is 3.54. The molecule has 132 valence electrons. The Morgan fingerprint density at radius 2 is 1.79 bits per heavy atom. The van der Waals surface area contributed by atoms with Gasteiger partial charge in [-0.3, -0.25) is 9.69 Å². The zero-order valence-electron chi connectivity index (χ0n) is 14.4. The molecule has 3 heterocycles. The standard InChI is InChI=1S/C18H27N3O3/c1-19-11-7-18(8-12-19,21-9-3-2-4-10-21)14-20-13-15(17(23)24)5-6-16(20)22/h5-6,13H,2-4,7-12,14H2,1H3,(H,23,24). The van der Waals surface area contributed by atoms with Crippen LogP contribution in [0.15, 0.2) is 23.1 Å². The van der Waals surface area contributed by atoms with Gasteiger partial charge in [0.2, 0.25) is 0 Å². The summed E-state index contributed by atoms with van der Waals surface area (Å²) in [4.78, 5) is 28.4. The molecule has 2 fully saturated rings. The maximum absolute atomic E-state index is 12.3.